The van der Waals surface area contributed by atoms with E-state index in [0.717, 1.165) is 0 Å². The average molecular weight is 362 g/mol. The number of phenolic OH excluding ortho intramolecular Hbond substituents is 1. The Morgan fingerprint density at radius 2 is 1.91 bits per heavy atom. The molecule has 118 valence electrons. The number of benzene rings is 2. The number of sulfonamides is 1. The van der Waals surface area contributed by atoms with Crippen LogP contribution in [0.3, 0.4) is 0 Å². The van der Waals surface area contributed by atoms with Crippen LogP contribution in [0.25, 0.3) is 0 Å². The Kier molecular flexibility index (Phi) is 5.05. The highest BCUT2D eigenvalue weighted by atomic mass is 35.5. The largest absolute Gasteiger partial charge is 0.508 e. The van der Waals surface area contributed by atoms with Crippen LogP contribution in [0.15, 0.2) is 41.3 Å². The predicted molar refractivity (Wildman–Crippen MR) is 86.5 cm³/mol. The van der Waals surface area contributed by atoms with E-state index in [1.54, 1.807) is 6.92 Å². The van der Waals surface area contributed by atoms with Gasteiger partial charge in [0.15, 0.2) is 0 Å². The van der Waals surface area contributed by atoms with Gasteiger partial charge in [0, 0.05) is 12.1 Å². The van der Waals surface area contributed by atoms with E-state index < -0.39 is 10.0 Å². The Morgan fingerprint density at radius 1 is 1.18 bits per heavy atom. The van der Waals surface area contributed by atoms with E-state index in [4.69, 9.17) is 27.9 Å². The lowest BCUT2D eigenvalue weighted by Gasteiger charge is -2.12. The van der Waals surface area contributed by atoms with Crippen molar-refractivity contribution in [3.05, 3.63) is 46.4 Å². The number of hydrogen-bond donors (Lipinski definition) is 2. The number of hydrogen-bond acceptors (Lipinski definition) is 4. The van der Waals surface area contributed by atoms with Crippen molar-refractivity contribution >= 4 is 38.9 Å². The highest BCUT2D eigenvalue weighted by Crippen LogP contribution is 2.34. The van der Waals surface area contributed by atoms with Gasteiger partial charge in [0.05, 0.1) is 22.3 Å². The van der Waals surface area contributed by atoms with Gasteiger partial charge >= 0.3 is 0 Å². The highest BCUT2D eigenvalue weighted by molar-refractivity contribution is 7.92. The van der Waals surface area contributed by atoms with Gasteiger partial charge in [-0.25, -0.2) is 8.42 Å². The Hall–Kier alpha value is -1.63. The molecule has 0 unspecified atom stereocenters. The Bertz CT molecular complexity index is 793. The van der Waals surface area contributed by atoms with E-state index in [1.165, 1.54) is 36.4 Å². The molecule has 0 heterocycles. The molecule has 2 rings (SSSR count). The predicted octanol–water partition coefficient (Wildman–Crippen LogP) is 3.90. The minimum atomic E-state index is -3.95. The van der Waals surface area contributed by atoms with Crippen LogP contribution in [0.2, 0.25) is 10.0 Å². The lowest BCUT2D eigenvalue weighted by molar-refractivity contribution is 0.340. The molecule has 0 radical (unpaired) electrons. The SMILES string of the molecule is CCOc1cc(Cl)c(S(=O)(=O)Nc2cccc(O)c2)cc1Cl. The number of phenols is 1. The first-order chi connectivity index (χ1) is 10.3. The molecular weight excluding hydrogens is 349 g/mol. The molecule has 5 nitrogen and oxygen atoms in total. The Morgan fingerprint density at radius 3 is 2.55 bits per heavy atom. The molecule has 0 spiro atoms. The van der Waals surface area contributed by atoms with E-state index in [-0.39, 0.29) is 26.4 Å². The zero-order chi connectivity index (χ0) is 16.3. The smallest absolute Gasteiger partial charge is 0.263 e. The molecule has 0 aliphatic rings. The molecule has 2 aromatic carbocycles. The first-order valence-electron chi connectivity index (χ1n) is 6.27. The van der Waals surface area contributed by atoms with Crippen LogP contribution in [-0.4, -0.2) is 20.1 Å². The van der Waals surface area contributed by atoms with Crippen molar-refractivity contribution in [1.82, 2.24) is 0 Å². The van der Waals surface area contributed by atoms with E-state index in [0.29, 0.717) is 12.4 Å². The van der Waals surface area contributed by atoms with Crippen molar-refractivity contribution in [2.75, 3.05) is 11.3 Å². The van der Waals surface area contributed by atoms with E-state index in [9.17, 15) is 13.5 Å². The minimum absolute atomic E-state index is 0.0134. The second-order valence-corrected chi connectivity index (χ2v) is 6.77. The van der Waals surface area contributed by atoms with Gasteiger partial charge in [-0.1, -0.05) is 29.3 Å². The van der Waals surface area contributed by atoms with Crippen LogP contribution in [0, 0.1) is 0 Å². The summed E-state index contributed by atoms with van der Waals surface area (Å²) in [6.07, 6.45) is 0. The maximum absolute atomic E-state index is 12.4. The summed E-state index contributed by atoms with van der Waals surface area (Å²) in [6.45, 7) is 2.15. The Balaban J connectivity index is 2.39. The zero-order valence-electron chi connectivity index (χ0n) is 11.5. The fourth-order valence-corrected chi connectivity index (χ4v) is 3.64. The third kappa shape index (κ3) is 3.76. The molecule has 0 aliphatic carbocycles. The summed E-state index contributed by atoms with van der Waals surface area (Å²) in [5.41, 5.74) is 0.209. The topological polar surface area (TPSA) is 75.6 Å². The fourth-order valence-electron chi connectivity index (χ4n) is 1.76. The molecular formula is C14H13Cl2NO4S. The summed E-state index contributed by atoms with van der Waals surface area (Å²) in [7, 11) is -3.95. The maximum atomic E-state index is 12.4. The number of nitrogens with one attached hydrogen (secondary N) is 1. The second-order valence-electron chi connectivity index (χ2n) is 4.30. The number of halogens is 2. The average Bonchev–Trinajstić information content (AvgIpc) is 2.42. The lowest BCUT2D eigenvalue weighted by Crippen LogP contribution is -2.13. The van der Waals surface area contributed by atoms with Crippen LogP contribution in [0.5, 0.6) is 11.5 Å². The molecule has 0 fully saturated rings. The molecule has 0 atom stereocenters. The third-order valence-corrected chi connectivity index (χ3v) is 4.82. The van der Waals surface area contributed by atoms with Crippen molar-refractivity contribution in [3.8, 4) is 11.5 Å². The summed E-state index contributed by atoms with van der Waals surface area (Å²) in [5.74, 6) is 0.251. The molecule has 8 heteroatoms. The molecule has 0 aromatic heterocycles. The van der Waals surface area contributed by atoms with Gasteiger partial charge in [-0.2, -0.15) is 0 Å². The van der Waals surface area contributed by atoms with Gasteiger partial charge in [0.2, 0.25) is 0 Å². The van der Waals surface area contributed by atoms with Gasteiger partial charge in [-0.05, 0) is 25.1 Å². The van der Waals surface area contributed by atoms with Gasteiger partial charge in [0.25, 0.3) is 10.0 Å². The molecule has 2 aromatic rings. The summed E-state index contributed by atoms with van der Waals surface area (Å²) in [5, 5.41) is 9.50. The second kappa shape index (κ2) is 6.64. The van der Waals surface area contributed by atoms with Gasteiger partial charge < -0.3 is 9.84 Å². The standard InChI is InChI=1S/C14H13Cl2NO4S/c1-2-21-13-7-12(16)14(8-11(13)15)22(19,20)17-9-4-3-5-10(18)6-9/h3-8,17-18H,2H2,1H3. The Labute approximate surface area is 138 Å². The van der Waals surface area contributed by atoms with Gasteiger partial charge in [0.1, 0.15) is 16.4 Å². The normalized spacial score (nSPS) is 11.2. The van der Waals surface area contributed by atoms with Crippen molar-refractivity contribution < 1.29 is 18.3 Å². The lowest BCUT2D eigenvalue weighted by atomic mass is 10.3. The number of anilines is 1. The quantitative estimate of drug-likeness (QED) is 0.846. The maximum Gasteiger partial charge on any atom is 0.263 e. The highest BCUT2D eigenvalue weighted by Gasteiger charge is 2.21. The van der Waals surface area contributed by atoms with Crippen molar-refractivity contribution in [1.29, 1.82) is 0 Å². The molecule has 0 amide bonds. The van der Waals surface area contributed by atoms with Crippen molar-refractivity contribution in [2.24, 2.45) is 0 Å². The van der Waals surface area contributed by atoms with Crippen LogP contribution in [-0.2, 0) is 10.0 Å². The fraction of sp³-hybridized carbons (Fsp3) is 0.143. The number of rotatable bonds is 5. The molecule has 2 N–H and O–H groups in total. The van der Waals surface area contributed by atoms with E-state index in [1.807, 2.05) is 0 Å². The summed E-state index contributed by atoms with van der Waals surface area (Å²) in [4.78, 5) is -0.175. The monoisotopic (exact) mass is 361 g/mol. The number of ether oxygens (including phenoxy) is 1. The number of aromatic hydroxyl groups is 1. The summed E-state index contributed by atoms with van der Waals surface area (Å²) >= 11 is 12.0. The molecule has 0 bridgehead atoms. The van der Waals surface area contributed by atoms with Crippen LogP contribution >= 0.6 is 23.2 Å². The summed E-state index contributed by atoms with van der Waals surface area (Å²) in [6, 6.07) is 8.30. The van der Waals surface area contributed by atoms with Crippen molar-refractivity contribution in [2.45, 2.75) is 11.8 Å². The molecule has 0 saturated carbocycles. The van der Waals surface area contributed by atoms with Crippen LogP contribution in [0.4, 0.5) is 5.69 Å². The van der Waals surface area contributed by atoms with Gasteiger partial charge in [-0.15, -0.1) is 0 Å². The van der Waals surface area contributed by atoms with Crippen molar-refractivity contribution in [3.63, 3.8) is 0 Å². The van der Waals surface area contributed by atoms with Crippen LogP contribution < -0.4 is 9.46 Å². The van der Waals surface area contributed by atoms with E-state index in [2.05, 4.69) is 4.72 Å². The summed E-state index contributed by atoms with van der Waals surface area (Å²) < 4.78 is 32.3. The van der Waals surface area contributed by atoms with Gasteiger partial charge in [-0.3, -0.25) is 4.72 Å². The molecule has 22 heavy (non-hydrogen) atoms. The first kappa shape index (κ1) is 16.7. The van der Waals surface area contributed by atoms with E-state index >= 15 is 0 Å². The first-order valence-corrected chi connectivity index (χ1v) is 8.51. The third-order valence-electron chi connectivity index (χ3n) is 2.67. The molecule has 0 aliphatic heterocycles. The molecule has 0 saturated heterocycles. The minimum Gasteiger partial charge on any atom is -0.508 e. The van der Waals surface area contributed by atoms with Crippen LogP contribution in [0.1, 0.15) is 6.92 Å². The zero-order valence-corrected chi connectivity index (χ0v) is 13.8.